The van der Waals surface area contributed by atoms with Crippen LogP contribution in [0, 0.1) is 0 Å². The van der Waals surface area contributed by atoms with E-state index in [0.29, 0.717) is 11.5 Å². The molecule has 3 rings (SSSR count). The molecule has 1 aromatic carbocycles. The maximum Gasteiger partial charge on any atom is 0.264 e. The maximum atomic E-state index is 12.0. The van der Waals surface area contributed by atoms with Crippen LogP contribution < -0.4 is 10.1 Å². The van der Waals surface area contributed by atoms with Crippen LogP contribution in [-0.2, 0) is 4.74 Å². The van der Waals surface area contributed by atoms with Crippen molar-refractivity contribution in [3.8, 4) is 5.75 Å². The molecule has 18 heavy (non-hydrogen) atoms. The fourth-order valence-electron chi connectivity index (χ4n) is 2.78. The van der Waals surface area contributed by atoms with Crippen LogP contribution in [0.4, 0.5) is 0 Å². The highest BCUT2D eigenvalue weighted by atomic mass is 16.7. The molecule has 1 aromatic rings. The summed E-state index contributed by atoms with van der Waals surface area (Å²) in [5, 5.41) is 3.35. The number of benzene rings is 1. The van der Waals surface area contributed by atoms with Gasteiger partial charge >= 0.3 is 0 Å². The third-order valence-corrected chi connectivity index (χ3v) is 3.74. The standard InChI is InChI=1S/C14H17NO3/c1-17-14-12(16)11-4-2-3-10(13(11)18-14)9-5-7-15-8-6-9/h2-4,9,14-15H,5-8H2,1H3. The minimum atomic E-state index is -0.761. The highest BCUT2D eigenvalue weighted by molar-refractivity contribution is 6.04. The molecule has 0 aliphatic carbocycles. The molecule has 0 bridgehead atoms. The Morgan fingerprint density at radius 3 is 2.83 bits per heavy atom. The largest absolute Gasteiger partial charge is 0.456 e. The number of ether oxygens (including phenoxy) is 2. The van der Waals surface area contributed by atoms with Crippen LogP contribution in [0.1, 0.15) is 34.7 Å². The molecule has 4 heteroatoms. The summed E-state index contributed by atoms with van der Waals surface area (Å²) in [7, 11) is 1.50. The molecular weight excluding hydrogens is 230 g/mol. The molecule has 1 fully saturated rings. The molecule has 2 aliphatic rings. The molecule has 0 aromatic heterocycles. The Morgan fingerprint density at radius 2 is 2.11 bits per heavy atom. The van der Waals surface area contributed by atoms with Gasteiger partial charge in [-0.05, 0) is 43.5 Å². The van der Waals surface area contributed by atoms with Crippen LogP contribution in [0.2, 0.25) is 0 Å². The Bertz CT molecular complexity index is 466. The predicted octanol–water partition coefficient (Wildman–Crippen LogP) is 1.70. The van der Waals surface area contributed by atoms with Gasteiger partial charge in [-0.2, -0.15) is 0 Å². The van der Waals surface area contributed by atoms with Gasteiger partial charge in [-0.15, -0.1) is 0 Å². The van der Waals surface area contributed by atoms with E-state index in [1.165, 1.54) is 7.11 Å². The highest BCUT2D eigenvalue weighted by Gasteiger charge is 2.35. The molecule has 1 unspecified atom stereocenters. The minimum Gasteiger partial charge on any atom is -0.456 e. The van der Waals surface area contributed by atoms with Gasteiger partial charge in [-0.3, -0.25) is 4.79 Å². The lowest BCUT2D eigenvalue weighted by Crippen LogP contribution is -2.27. The third-order valence-electron chi connectivity index (χ3n) is 3.74. The Kier molecular flexibility index (Phi) is 3.06. The number of carbonyl (C=O) groups excluding carboxylic acids is 1. The number of fused-ring (bicyclic) bond motifs is 1. The Morgan fingerprint density at radius 1 is 1.33 bits per heavy atom. The fourth-order valence-corrected chi connectivity index (χ4v) is 2.78. The number of hydrogen-bond donors (Lipinski definition) is 1. The zero-order chi connectivity index (χ0) is 12.5. The van der Waals surface area contributed by atoms with Gasteiger partial charge in [-0.1, -0.05) is 12.1 Å². The summed E-state index contributed by atoms with van der Waals surface area (Å²) < 4.78 is 10.7. The first-order chi connectivity index (χ1) is 8.81. The molecule has 1 atom stereocenters. The Labute approximate surface area is 106 Å². The molecule has 2 heterocycles. The number of ketones is 1. The van der Waals surface area contributed by atoms with E-state index in [-0.39, 0.29) is 5.78 Å². The lowest BCUT2D eigenvalue weighted by atomic mass is 9.88. The molecule has 0 amide bonds. The lowest BCUT2D eigenvalue weighted by molar-refractivity contribution is -0.0220. The van der Waals surface area contributed by atoms with Crippen molar-refractivity contribution in [2.24, 2.45) is 0 Å². The molecule has 0 saturated carbocycles. The zero-order valence-electron chi connectivity index (χ0n) is 10.4. The molecule has 4 nitrogen and oxygen atoms in total. The van der Waals surface area contributed by atoms with Gasteiger partial charge in [0.05, 0.1) is 5.56 Å². The van der Waals surface area contributed by atoms with Crippen molar-refractivity contribution in [1.29, 1.82) is 0 Å². The summed E-state index contributed by atoms with van der Waals surface area (Å²) in [6.45, 7) is 2.05. The van der Waals surface area contributed by atoms with E-state index in [0.717, 1.165) is 37.2 Å². The first kappa shape index (κ1) is 11.7. The summed E-state index contributed by atoms with van der Waals surface area (Å²) in [5.41, 5.74) is 1.82. The van der Waals surface area contributed by atoms with Crippen molar-refractivity contribution in [2.45, 2.75) is 25.0 Å². The average Bonchev–Trinajstić information content (AvgIpc) is 2.77. The highest BCUT2D eigenvalue weighted by Crippen LogP contribution is 2.39. The van der Waals surface area contributed by atoms with Crippen LogP contribution >= 0.6 is 0 Å². The number of carbonyl (C=O) groups is 1. The van der Waals surface area contributed by atoms with Crippen LogP contribution in [0.5, 0.6) is 5.75 Å². The number of rotatable bonds is 2. The quantitative estimate of drug-likeness (QED) is 0.864. The topological polar surface area (TPSA) is 47.6 Å². The van der Waals surface area contributed by atoms with Gasteiger partial charge in [0.15, 0.2) is 0 Å². The molecule has 2 aliphatic heterocycles. The molecule has 1 saturated heterocycles. The number of para-hydroxylation sites is 1. The number of methoxy groups -OCH3 is 1. The smallest absolute Gasteiger partial charge is 0.264 e. The number of piperidine rings is 1. The van der Waals surface area contributed by atoms with Gasteiger partial charge in [-0.25, -0.2) is 0 Å². The number of Topliss-reactive ketones (excluding diaryl/α,β-unsaturated/α-hetero) is 1. The summed E-state index contributed by atoms with van der Waals surface area (Å²) in [4.78, 5) is 12.0. The van der Waals surface area contributed by atoms with Crippen molar-refractivity contribution >= 4 is 5.78 Å². The van der Waals surface area contributed by atoms with E-state index in [4.69, 9.17) is 9.47 Å². The van der Waals surface area contributed by atoms with E-state index in [9.17, 15) is 4.79 Å². The van der Waals surface area contributed by atoms with Gasteiger partial charge < -0.3 is 14.8 Å². The van der Waals surface area contributed by atoms with Crippen LogP contribution in [0.15, 0.2) is 18.2 Å². The molecule has 96 valence electrons. The monoisotopic (exact) mass is 247 g/mol. The van der Waals surface area contributed by atoms with E-state index >= 15 is 0 Å². The summed E-state index contributed by atoms with van der Waals surface area (Å²) >= 11 is 0. The van der Waals surface area contributed by atoms with E-state index < -0.39 is 6.29 Å². The Balaban J connectivity index is 1.96. The van der Waals surface area contributed by atoms with Crippen molar-refractivity contribution in [2.75, 3.05) is 20.2 Å². The van der Waals surface area contributed by atoms with Gasteiger partial charge in [0.25, 0.3) is 6.29 Å². The second-order valence-corrected chi connectivity index (χ2v) is 4.80. The summed E-state index contributed by atoms with van der Waals surface area (Å²) in [5.74, 6) is 1.15. The summed E-state index contributed by atoms with van der Waals surface area (Å²) in [6.07, 6.45) is 1.42. The number of nitrogens with one attached hydrogen (secondary N) is 1. The van der Waals surface area contributed by atoms with Crippen molar-refractivity contribution in [3.05, 3.63) is 29.3 Å². The van der Waals surface area contributed by atoms with Crippen molar-refractivity contribution in [3.63, 3.8) is 0 Å². The Hall–Kier alpha value is -1.39. The van der Waals surface area contributed by atoms with Crippen LogP contribution in [0.3, 0.4) is 0 Å². The second kappa shape index (κ2) is 4.71. The fraction of sp³-hybridized carbons (Fsp3) is 0.500. The van der Waals surface area contributed by atoms with Gasteiger partial charge in [0.2, 0.25) is 5.78 Å². The van der Waals surface area contributed by atoms with E-state index in [1.54, 1.807) is 0 Å². The third kappa shape index (κ3) is 1.82. The molecular formula is C14H17NO3. The zero-order valence-corrected chi connectivity index (χ0v) is 10.4. The van der Waals surface area contributed by atoms with Crippen molar-refractivity contribution in [1.82, 2.24) is 5.32 Å². The number of hydrogen-bond acceptors (Lipinski definition) is 4. The van der Waals surface area contributed by atoms with Crippen molar-refractivity contribution < 1.29 is 14.3 Å². The minimum absolute atomic E-state index is 0.0664. The van der Waals surface area contributed by atoms with Crippen LogP contribution in [-0.4, -0.2) is 32.3 Å². The molecule has 0 radical (unpaired) electrons. The lowest BCUT2D eigenvalue weighted by Gasteiger charge is -2.24. The van der Waals surface area contributed by atoms with Gasteiger partial charge in [0.1, 0.15) is 5.75 Å². The normalized spacial score (nSPS) is 23.8. The molecule has 0 spiro atoms. The first-order valence-electron chi connectivity index (χ1n) is 6.38. The maximum absolute atomic E-state index is 12.0. The van der Waals surface area contributed by atoms with Gasteiger partial charge in [0, 0.05) is 7.11 Å². The average molecular weight is 247 g/mol. The van der Waals surface area contributed by atoms with Crippen LogP contribution in [0.25, 0.3) is 0 Å². The molecule has 1 N–H and O–H groups in total. The van der Waals surface area contributed by atoms with E-state index in [2.05, 4.69) is 11.4 Å². The van der Waals surface area contributed by atoms with E-state index in [1.807, 2.05) is 12.1 Å². The SMILES string of the molecule is COC1Oc2c(cccc2C2CCNCC2)C1=O. The first-order valence-corrected chi connectivity index (χ1v) is 6.38. The summed E-state index contributed by atoms with van der Waals surface area (Å²) in [6, 6.07) is 5.83. The predicted molar refractivity (Wildman–Crippen MR) is 67.0 cm³/mol. The second-order valence-electron chi connectivity index (χ2n) is 4.80.